The Morgan fingerprint density at radius 1 is 0.515 bits per heavy atom. The second-order valence-electron chi connectivity index (χ2n) is 20.5. The van der Waals surface area contributed by atoms with Crippen molar-refractivity contribution in [3.8, 4) is 0 Å². The highest BCUT2D eigenvalue weighted by Gasteiger charge is 2.50. The van der Waals surface area contributed by atoms with Gasteiger partial charge in [-0.05, 0) is 95.0 Å². The Labute approximate surface area is 401 Å². The number of rotatable bonds is 6. The van der Waals surface area contributed by atoms with Crippen LogP contribution in [-0.2, 0) is 0 Å². The Balaban J connectivity index is 0.857. The molecule has 0 spiro atoms. The number of hydrogen-bond donors (Lipinski definition) is 2. The van der Waals surface area contributed by atoms with Crippen LogP contribution in [0.15, 0.2) is 224 Å². The molecule has 5 aliphatic carbocycles. The van der Waals surface area contributed by atoms with Gasteiger partial charge < -0.3 is 9.80 Å². The third kappa shape index (κ3) is 6.48. The largest absolute Gasteiger partial charge is 0.357 e. The van der Waals surface area contributed by atoms with Gasteiger partial charge >= 0.3 is 0 Å². The summed E-state index contributed by atoms with van der Waals surface area (Å²) in [4.78, 5) is 5.54. The molecular weight excluding hydrogens is 825 g/mol. The summed E-state index contributed by atoms with van der Waals surface area (Å²) in [6, 6.07) is 50.0. The number of fused-ring (bicyclic) bond motifs is 9. The van der Waals surface area contributed by atoms with Gasteiger partial charge in [0.05, 0.1) is 18.2 Å². The fourth-order valence-corrected chi connectivity index (χ4v) is 14.2. The van der Waals surface area contributed by atoms with Crippen molar-refractivity contribution in [3.05, 3.63) is 246 Å². The molecule has 2 saturated heterocycles. The summed E-state index contributed by atoms with van der Waals surface area (Å²) in [6.07, 6.45) is 39.1. The van der Waals surface area contributed by atoms with E-state index in [0.29, 0.717) is 47.7 Å². The lowest BCUT2D eigenvalue weighted by Crippen LogP contribution is -2.52. The van der Waals surface area contributed by atoms with Crippen molar-refractivity contribution in [2.75, 3.05) is 9.80 Å². The molecule has 11 unspecified atom stereocenters. The molecular formula is C64H58N4. The van der Waals surface area contributed by atoms with Crippen LogP contribution in [0.3, 0.4) is 0 Å². The van der Waals surface area contributed by atoms with Crippen molar-refractivity contribution in [3.63, 3.8) is 0 Å². The van der Waals surface area contributed by atoms with Crippen LogP contribution >= 0.6 is 0 Å². The minimum Gasteiger partial charge on any atom is -0.357 e. The second kappa shape index (κ2) is 16.5. The van der Waals surface area contributed by atoms with Crippen molar-refractivity contribution < 1.29 is 0 Å². The maximum Gasteiger partial charge on any atom is 0.0842 e. The van der Waals surface area contributed by atoms with E-state index in [9.17, 15) is 0 Å². The Morgan fingerprint density at radius 3 is 2.19 bits per heavy atom. The SMILES string of the molecule is C1=CC(c2ccccc2)C(C2CC(c3cccc4c(N5c6cc7cccc(N8C9C=CC=CC9C9C%10=C(C=CCC%10)C=CC98)c7cc6C6C=CCCC65)cccc34)NC(c3ccccc3)N2)C=C1. The number of benzene rings is 6. The van der Waals surface area contributed by atoms with Gasteiger partial charge in [-0.2, -0.15) is 0 Å². The van der Waals surface area contributed by atoms with Crippen LogP contribution in [0.5, 0.6) is 0 Å². The van der Waals surface area contributed by atoms with E-state index in [2.05, 4.69) is 233 Å². The molecule has 0 saturated carbocycles. The molecule has 0 aromatic heterocycles. The molecule has 6 aromatic carbocycles. The zero-order valence-corrected chi connectivity index (χ0v) is 38.5. The quantitative estimate of drug-likeness (QED) is 0.163. The van der Waals surface area contributed by atoms with Crippen molar-refractivity contribution in [1.82, 2.24) is 10.6 Å². The van der Waals surface area contributed by atoms with Gasteiger partial charge in [-0.1, -0.05) is 194 Å². The number of nitrogens with zero attached hydrogens (tertiary/aromatic N) is 2. The van der Waals surface area contributed by atoms with E-state index in [1.54, 1.807) is 5.57 Å². The van der Waals surface area contributed by atoms with Gasteiger partial charge in [-0.15, -0.1) is 0 Å². The molecule has 11 atom stereocenters. The van der Waals surface area contributed by atoms with E-state index >= 15 is 0 Å². The number of allylic oxidation sites excluding steroid dienone is 10. The summed E-state index contributed by atoms with van der Waals surface area (Å²) < 4.78 is 0. The lowest BCUT2D eigenvalue weighted by atomic mass is 9.73. The summed E-state index contributed by atoms with van der Waals surface area (Å²) in [5.74, 6) is 1.92. The summed E-state index contributed by atoms with van der Waals surface area (Å²) in [5.41, 5.74) is 12.6. The van der Waals surface area contributed by atoms with Gasteiger partial charge in [-0.3, -0.25) is 10.6 Å². The summed E-state index contributed by atoms with van der Waals surface area (Å²) >= 11 is 0. The third-order valence-electron chi connectivity index (χ3n) is 17.1. The molecule has 6 aromatic rings. The summed E-state index contributed by atoms with van der Waals surface area (Å²) in [6.45, 7) is 0. The normalized spacial score (nSPS) is 30.7. The Morgan fingerprint density at radius 2 is 1.29 bits per heavy atom. The first-order chi connectivity index (χ1) is 33.7. The lowest BCUT2D eigenvalue weighted by Gasteiger charge is -2.43. The number of anilines is 3. The van der Waals surface area contributed by atoms with Crippen molar-refractivity contribution in [1.29, 1.82) is 0 Å². The van der Waals surface area contributed by atoms with E-state index in [-0.39, 0.29) is 18.2 Å². The molecule has 0 bridgehead atoms. The van der Waals surface area contributed by atoms with E-state index in [1.165, 1.54) is 72.9 Å². The molecule has 334 valence electrons. The Kier molecular flexibility index (Phi) is 9.80. The molecule has 2 fully saturated rings. The Hall–Kier alpha value is -6.72. The van der Waals surface area contributed by atoms with Crippen LogP contribution in [0.1, 0.15) is 78.4 Å². The molecule has 4 heteroatoms. The monoisotopic (exact) mass is 882 g/mol. The van der Waals surface area contributed by atoms with Crippen LogP contribution in [0, 0.1) is 17.8 Å². The van der Waals surface area contributed by atoms with E-state index < -0.39 is 0 Å². The molecule has 14 rings (SSSR count). The van der Waals surface area contributed by atoms with Gasteiger partial charge in [0.2, 0.25) is 0 Å². The average Bonchev–Trinajstić information content (AvgIpc) is 3.92. The molecule has 4 nitrogen and oxygen atoms in total. The highest BCUT2D eigenvalue weighted by Crippen LogP contribution is 2.55. The molecule has 8 aliphatic rings. The average molecular weight is 883 g/mol. The van der Waals surface area contributed by atoms with E-state index in [1.807, 2.05) is 0 Å². The van der Waals surface area contributed by atoms with Crippen molar-refractivity contribution >= 4 is 38.6 Å². The first kappa shape index (κ1) is 40.4. The number of hydrogen-bond acceptors (Lipinski definition) is 4. The zero-order valence-electron chi connectivity index (χ0n) is 38.5. The molecule has 3 aliphatic heterocycles. The van der Waals surface area contributed by atoms with Gasteiger partial charge in [0.1, 0.15) is 0 Å². The van der Waals surface area contributed by atoms with Gasteiger partial charge in [0, 0.05) is 75.5 Å². The zero-order chi connectivity index (χ0) is 44.7. The summed E-state index contributed by atoms with van der Waals surface area (Å²) in [7, 11) is 0. The van der Waals surface area contributed by atoms with Gasteiger partial charge in [-0.25, -0.2) is 0 Å². The van der Waals surface area contributed by atoms with E-state index in [4.69, 9.17) is 0 Å². The minimum atomic E-state index is 0.0172. The number of nitrogens with one attached hydrogen (secondary N) is 2. The molecule has 0 radical (unpaired) electrons. The molecule has 68 heavy (non-hydrogen) atoms. The first-order valence-corrected chi connectivity index (χ1v) is 25.5. The maximum absolute atomic E-state index is 4.15. The molecule has 0 amide bonds. The standard InChI is InChI=1S/C64H58N4/c1-3-18-41(19-4-1)45-24-9-10-26-48(45)55-40-56(66-64(65-55)43-21-5-2-6-22-43)49-30-16-31-50-47(49)29-17-35-58(50)68-57-32-13-11-27-51(57)54-39-53-44(38-62(54)68)23-15-34-60(53)67-59-33-14-12-28-52(59)63-46-25-8-7-20-42(46)36-37-61(63)67/h1-7,9-12,14-24,26-31,33-39,45,48,51-52,55-57,59,61,63-66H,8,13,25,32,40H2. The Bertz CT molecular complexity index is 3200. The van der Waals surface area contributed by atoms with Crippen molar-refractivity contribution in [2.24, 2.45) is 17.8 Å². The van der Waals surface area contributed by atoms with Gasteiger partial charge in [0.25, 0.3) is 0 Å². The van der Waals surface area contributed by atoms with Crippen LogP contribution in [-0.4, -0.2) is 24.2 Å². The first-order valence-electron chi connectivity index (χ1n) is 25.5. The topological polar surface area (TPSA) is 30.5 Å². The second-order valence-corrected chi connectivity index (χ2v) is 20.5. The minimum absolute atomic E-state index is 0.0172. The van der Waals surface area contributed by atoms with Crippen LogP contribution in [0.25, 0.3) is 21.5 Å². The highest BCUT2D eigenvalue weighted by atomic mass is 15.2. The highest BCUT2D eigenvalue weighted by molar-refractivity contribution is 6.03. The predicted molar refractivity (Wildman–Crippen MR) is 282 cm³/mol. The smallest absolute Gasteiger partial charge is 0.0842 e. The fraction of sp³-hybridized carbons (Fsp3) is 0.250. The lowest BCUT2D eigenvalue weighted by molar-refractivity contribution is 0.205. The van der Waals surface area contributed by atoms with Gasteiger partial charge in [0.15, 0.2) is 0 Å². The van der Waals surface area contributed by atoms with Crippen LogP contribution in [0.4, 0.5) is 17.1 Å². The van der Waals surface area contributed by atoms with Crippen molar-refractivity contribution in [2.45, 2.75) is 80.3 Å². The third-order valence-corrected chi connectivity index (χ3v) is 17.1. The van der Waals surface area contributed by atoms with Crippen LogP contribution < -0.4 is 20.4 Å². The predicted octanol–water partition coefficient (Wildman–Crippen LogP) is 14.3. The van der Waals surface area contributed by atoms with Crippen LogP contribution in [0.2, 0.25) is 0 Å². The molecule has 3 heterocycles. The fourth-order valence-electron chi connectivity index (χ4n) is 14.2. The maximum atomic E-state index is 4.15. The summed E-state index contributed by atoms with van der Waals surface area (Å²) in [5, 5.41) is 13.7. The molecule has 2 N–H and O–H groups in total. The van der Waals surface area contributed by atoms with E-state index in [0.717, 1.165) is 25.7 Å².